The van der Waals surface area contributed by atoms with Gasteiger partial charge >= 0.3 is 0 Å². The van der Waals surface area contributed by atoms with Crippen molar-refractivity contribution in [1.82, 2.24) is 15.5 Å². The molecule has 1 heterocycles. The van der Waals surface area contributed by atoms with Crippen LogP contribution in [0, 0.1) is 0 Å². The van der Waals surface area contributed by atoms with Crippen molar-refractivity contribution in [3.8, 4) is 0 Å². The van der Waals surface area contributed by atoms with Crippen LogP contribution in [0.4, 0.5) is 0 Å². The summed E-state index contributed by atoms with van der Waals surface area (Å²) in [5, 5.41) is 10.6. The van der Waals surface area contributed by atoms with E-state index in [4.69, 9.17) is 0 Å². The topological polar surface area (TPSA) is 40.7 Å². The SMILES string of the molecule is CNC(C)Cc1cn[nH]c1C1CCC1. The molecule has 1 aliphatic rings. The molecule has 0 spiro atoms. The molecule has 0 aliphatic heterocycles. The average molecular weight is 193 g/mol. The van der Waals surface area contributed by atoms with Crippen LogP contribution in [0.1, 0.15) is 43.4 Å². The van der Waals surface area contributed by atoms with Gasteiger partial charge in [0.2, 0.25) is 0 Å². The molecule has 1 fully saturated rings. The number of nitrogens with one attached hydrogen (secondary N) is 2. The highest BCUT2D eigenvalue weighted by Crippen LogP contribution is 2.36. The molecule has 2 N–H and O–H groups in total. The van der Waals surface area contributed by atoms with E-state index in [1.54, 1.807) is 0 Å². The van der Waals surface area contributed by atoms with Crippen LogP contribution in [-0.2, 0) is 6.42 Å². The number of H-pyrrole nitrogens is 1. The van der Waals surface area contributed by atoms with Crippen LogP contribution in [0.15, 0.2) is 6.20 Å². The smallest absolute Gasteiger partial charge is 0.0522 e. The number of nitrogens with zero attached hydrogens (tertiary/aromatic N) is 1. The maximum atomic E-state index is 4.16. The first-order chi connectivity index (χ1) is 6.81. The van der Waals surface area contributed by atoms with E-state index in [1.807, 2.05) is 13.2 Å². The Balaban J connectivity index is 2.05. The summed E-state index contributed by atoms with van der Waals surface area (Å²) in [6, 6.07) is 0.534. The van der Waals surface area contributed by atoms with Gasteiger partial charge in [0.05, 0.1) is 6.20 Å². The Bertz CT molecular complexity index is 288. The van der Waals surface area contributed by atoms with Crippen molar-refractivity contribution in [3.05, 3.63) is 17.5 Å². The van der Waals surface area contributed by atoms with Gasteiger partial charge in [0, 0.05) is 17.7 Å². The molecule has 3 nitrogen and oxygen atoms in total. The van der Waals surface area contributed by atoms with E-state index in [0.717, 1.165) is 12.3 Å². The molecule has 0 saturated heterocycles. The molecular weight excluding hydrogens is 174 g/mol. The number of hydrogen-bond acceptors (Lipinski definition) is 2. The second-order valence-electron chi connectivity index (χ2n) is 4.33. The molecular formula is C11H19N3. The molecule has 1 atom stereocenters. The fourth-order valence-electron chi connectivity index (χ4n) is 1.97. The van der Waals surface area contributed by atoms with Crippen molar-refractivity contribution >= 4 is 0 Å². The Hall–Kier alpha value is -0.830. The molecule has 1 saturated carbocycles. The van der Waals surface area contributed by atoms with Gasteiger partial charge in [-0.1, -0.05) is 6.42 Å². The second-order valence-corrected chi connectivity index (χ2v) is 4.33. The minimum atomic E-state index is 0.534. The monoisotopic (exact) mass is 193 g/mol. The van der Waals surface area contributed by atoms with Crippen LogP contribution in [0.3, 0.4) is 0 Å². The van der Waals surface area contributed by atoms with Crippen LogP contribution in [-0.4, -0.2) is 23.3 Å². The minimum absolute atomic E-state index is 0.534. The number of rotatable bonds is 4. The molecule has 14 heavy (non-hydrogen) atoms. The van der Waals surface area contributed by atoms with Gasteiger partial charge in [0.25, 0.3) is 0 Å². The summed E-state index contributed by atoms with van der Waals surface area (Å²) in [5.74, 6) is 0.761. The first kappa shape index (κ1) is 9.71. The lowest BCUT2D eigenvalue weighted by atomic mass is 9.81. The summed E-state index contributed by atoms with van der Waals surface area (Å²) in [6.07, 6.45) is 7.12. The molecule has 3 heteroatoms. The summed E-state index contributed by atoms with van der Waals surface area (Å²) in [4.78, 5) is 0. The molecule has 1 unspecified atom stereocenters. The lowest BCUT2D eigenvalue weighted by Gasteiger charge is -2.25. The van der Waals surface area contributed by atoms with Gasteiger partial charge in [-0.2, -0.15) is 5.10 Å². The van der Waals surface area contributed by atoms with Gasteiger partial charge < -0.3 is 5.32 Å². The van der Waals surface area contributed by atoms with Crippen LogP contribution in [0.25, 0.3) is 0 Å². The fourth-order valence-corrected chi connectivity index (χ4v) is 1.97. The maximum Gasteiger partial charge on any atom is 0.0522 e. The Morgan fingerprint density at radius 1 is 1.64 bits per heavy atom. The van der Waals surface area contributed by atoms with E-state index in [0.29, 0.717) is 6.04 Å². The van der Waals surface area contributed by atoms with E-state index in [-0.39, 0.29) is 0 Å². The summed E-state index contributed by atoms with van der Waals surface area (Å²) >= 11 is 0. The second kappa shape index (κ2) is 4.13. The third-order valence-corrected chi connectivity index (χ3v) is 3.28. The van der Waals surface area contributed by atoms with Gasteiger partial charge in [0.15, 0.2) is 0 Å². The van der Waals surface area contributed by atoms with Crippen LogP contribution in [0.2, 0.25) is 0 Å². The predicted molar refractivity (Wildman–Crippen MR) is 57.4 cm³/mol. The van der Waals surface area contributed by atoms with Crippen LogP contribution >= 0.6 is 0 Å². The molecule has 1 aliphatic carbocycles. The molecule has 2 rings (SSSR count). The average Bonchev–Trinajstić information content (AvgIpc) is 2.50. The molecule has 0 bridgehead atoms. The van der Waals surface area contributed by atoms with Crippen molar-refractivity contribution in [1.29, 1.82) is 0 Å². The highest BCUT2D eigenvalue weighted by atomic mass is 15.1. The summed E-state index contributed by atoms with van der Waals surface area (Å²) < 4.78 is 0. The zero-order chi connectivity index (χ0) is 9.97. The predicted octanol–water partition coefficient (Wildman–Crippen LogP) is 1.83. The lowest BCUT2D eigenvalue weighted by molar-refractivity contribution is 0.407. The summed E-state index contributed by atoms with van der Waals surface area (Å²) in [5.41, 5.74) is 2.79. The first-order valence-corrected chi connectivity index (χ1v) is 5.50. The van der Waals surface area contributed by atoms with Crippen molar-refractivity contribution in [2.45, 2.75) is 44.6 Å². The number of likely N-dealkylation sites (N-methyl/N-ethyl adjacent to an activating group) is 1. The largest absolute Gasteiger partial charge is 0.317 e. The highest BCUT2D eigenvalue weighted by molar-refractivity contribution is 5.23. The molecule has 0 radical (unpaired) electrons. The number of aromatic nitrogens is 2. The van der Waals surface area contributed by atoms with Crippen molar-refractivity contribution in [2.24, 2.45) is 0 Å². The quantitative estimate of drug-likeness (QED) is 0.766. The Morgan fingerprint density at radius 3 is 3.00 bits per heavy atom. The molecule has 1 aromatic rings. The van der Waals surface area contributed by atoms with Gasteiger partial charge in [-0.25, -0.2) is 0 Å². The third kappa shape index (κ3) is 1.82. The fraction of sp³-hybridized carbons (Fsp3) is 0.727. The Labute approximate surface area is 85.3 Å². The van der Waals surface area contributed by atoms with E-state index in [2.05, 4.69) is 22.4 Å². The van der Waals surface area contributed by atoms with Crippen LogP contribution < -0.4 is 5.32 Å². The van der Waals surface area contributed by atoms with E-state index in [1.165, 1.54) is 30.5 Å². The third-order valence-electron chi connectivity index (χ3n) is 3.28. The van der Waals surface area contributed by atoms with Crippen molar-refractivity contribution in [3.63, 3.8) is 0 Å². The van der Waals surface area contributed by atoms with E-state index >= 15 is 0 Å². The molecule has 0 amide bonds. The van der Waals surface area contributed by atoms with Crippen LogP contribution in [0.5, 0.6) is 0 Å². The van der Waals surface area contributed by atoms with Gasteiger partial charge in [-0.3, -0.25) is 5.10 Å². The summed E-state index contributed by atoms with van der Waals surface area (Å²) in [7, 11) is 2.01. The van der Waals surface area contributed by atoms with Crippen molar-refractivity contribution in [2.75, 3.05) is 7.05 Å². The number of aromatic amines is 1. The van der Waals surface area contributed by atoms with Gasteiger partial charge in [-0.05, 0) is 38.8 Å². The Morgan fingerprint density at radius 2 is 2.43 bits per heavy atom. The molecule has 0 aromatic carbocycles. The Kier molecular flexibility index (Phi) is 2.87. The van der Waals surface area contributed by atoms with E-state index in [9.17, 15) is 0 Å². The standard InChI is InChI=1S/C11H19N3/c1-8(12-2)6-10-7-13-14-11(10)9-4-3-5-9/h7-9,12H,3-6H2,1-2H3,(H,13,14). The normalized spacial score (nSPS) is 19.3. The minimum Gasteiger partial charge on any atom is -0.317 e. The molecule has 1 aromatic heterocycles. The van der Waals surface area contributed by atoms with Crippen molar-refractivity contribution < 1.29 is 0 Å². The first-order valence-electron chi connectivity index (χ1n) is 5.50. The zero-order valence-corrected chi connectivity index (χ0v) is 9.01. The van der Waals surface area contributed by atoms with Gasteiger partial charge in [0.1, 0.15) is 0 Å². The number of hydrogen-bond donors (Lipinski definition) is 2. The summed E-state index contributed by atoms with van der Waals surface area (Å²) in [6.45, 7) is 2.21. The van der Waals surface area contributed by atoms with Gasteiger partial charge in [-0.15, -0.1) is 0 Å². The maximum absolute atomic E-state index is 4.16. The lowest BCUT2D eigenvalue weighted by Crippen LogP contribution is -2.24. The van der Waals surface area contributed by atoms with E-state index < -0.39 is 0 Å². The molecule has 78 valence electrons. The zero-order valence-electron chi connectivity index (χ0n) is 9.01. The highest BCUT2D eigenvalue weighted by Gasteiger charge is 2.23.